The van der Waals surface area contributed by atoms with Crippen LogP contribution in [0.25, 0.3) is 0 Å². The summed E-state index contributed by atoms with van der Waals surface area (Å²) in [7, 11) is 0. The molecule has 1 saturated heterocycles. The minimum Gasteiger partial charge on any atom is -0.465 e. The molecule has 0 aromatic rings. The first-order valence-electron chi connectivity index (χ1n) is 14.3. The summed E-state index contributed by atoms with van der Waals surface area (Å²) in [5.41, 5.74) is -1.83. The molecule has 39 heavy (non-hydrogen) atoms. The quantitative estimate of drug-likeness (QED) is 0.138. The SMILES string of the molecule is C.C.CCCCCCCCOC(=O)C(C)(CO)CO.CCCCCCCCOC(=O)C1(C)COC(C)(C)OC1. The predicted octanol–water partition coefficient (Wildman–Crippen LogP) is 6.83. The third-order valence-electron chi connectivity index (χ3n) is 6.62. The molecule has 8 heteroatoms. The van der Waals surface area contributed by atoms with Gasteiger partial charge in [0.15, 0.2) is 5.79 Å². The Kier molecular flexibility index (Phi) is 25.4. The average molecular weight is 565 g/mol. The van der Waals surface area contributed by atoms with Crippen LogP contribution in [0.15, 0.2) is 0 Å². The fourth-order valence-electron chi connectivity index (χ4n) is 3.49. The lowest BCUT2D eigenvalue weighted by molar-refractivity contribution is -0.281. The van der Waals surface area contributed by atoms with Gasteiger partial charge < -0.3 is 29.2 Å². The number of rotatable bonds is 18. The van der Waals surface area contributed by atoms with E-state index in [4.69, 9.17) is 29.2 Å². The first-order chi connectivity index (χ1) is 17.5. The maximum Gasteiger partial charge on any atom is 0.316 e. The van der Waals surface area contributed by atoms with Crippen molar-refractivity contribution in [2.45, 2.75) is 139 Å². The van der Waals surface area contributed by atoms with E-state index in [2.05, 4.69) is 13.8 Å². The van der Waals surface area contributed by atoms with Gasteiger partial charge in [0.1, 0.15) is 10.8 Å². The van der Waals surface area contributed by atoms with E-state index in [-0.39, 0.29) is 20.8 Å². The zero-order chi connectivity index (χ0) is 28.2. The van der Waals surface area contributed by atoms with E-state index >= 15 is 0 Å². The number of hydrogen-bond acceptors (Lipinski definition) is 8. The Hall–Kier alpha value is -1.22. The fourth-order valence-corrected chi connectivity index (χ4v) is 3.49. The Morgan fingerprint density at radius 1 is 0.718 bits per heavy atom. The van der Waals surface area contributed by atoms with Crippen molar-refractivity contribution in [1.82, 2.24) is 0 Å². The maximum atomic E-state index is 12.1. The number of unbranched alkanes of at least 4 members (excludes halogenated alkanes) is 10. The van der Waals surface area contributed by atoms with Crippen molar-refractivity contribution in [2.24, 2.45) is 10.8 Å². The van der Waals surface area contributed by atoms with Gasteiger partial charge in [-0.25, -0.2) is 0 Å². The molecule has 1 heterocycles. The van der Waals surface area contributed by atoms with Gasteiger partial charge in [0.2, 0.25) is 0 Å². The van der Waals surface area contributed by atoms with Crippen LogP contribution in [0.2, 0.25) is 0 Å². The van der Waals surface area contributed by atoms with Gasteiger partial charge in [-0.15, -0.1) is 0 Å². The normalized spacial score (nSPS) is 15.6. The zero-order valence-corrected chi connectivity index (χ0v) is 24.6. The van der Waals surface area contributed by atoms with Gasteiger partial charge in [-0.2, -0.15) is 0 Å². The van der Waals surface area contributed by atoms with Crippen LogP contribution in [0.1, 0.15) is 133 Å². The second-order valence-corrected chi connectivity index (χ2v) is 11.2. The molecule has 1 rings (SSSR count). The van der Waals surface area contributed by atoms with Gasteiger partial charge in [0.25, 0.3) is 0 Å². The average Bonchev–Trinajstić information content (AvgIpc) is 2.89. The number of esters is 2. The van der Waals surface area contributed by atoms with Crippen molar-refractivity contribution in [3.05, 3.63) is 0 Å². The molecular formula is C31H64O8. The molecule has 0 aromatic carbocycles. The van der Waals surface area contributed by atoms with Crippen molar-refractivity contribution in [2.75, 3.05) is 39.6 Å². The molecule has 0 aliphatic carbocycles. The summed E-state index contributed by atoms with van der Waals surface area (Å²) in [5, 5.41) is 18.0. The maximum absolute atomic E-state index is 12.1. The summed E-state index contributed by atoms with van der Waals surface area (Å²) >= 11 is 0. The Morgan fingerprint density at radius 3 is 1.51 bits per heavy atom. The minimum atomic E-state index is -1.16. The van der Waals surface area contributed by atoms with Gasteiger partial charge in [0.05, 0.1) is 39.6 Å². The van der Waals surface area contributed by atoms with Crippen molar-refractivity contribution >= 4 is 11.9 Å². The third kappa shape index (κ3) is 18.7. The zero-order valence-electron chi connectivity index (χ0n) is 24.6. The van der Waals surface area contributed by atoms with E-state index in [9.17, 15) is 9.59 Å². The lowest BCUT2D eigenvalue weighted by Crippen LogP contribution is -2.49. The first kappa shape index (κ1) is 42.2. The predicted molar refractivity (Wildman–Crippen MR) is 159 cm³/mol. The summed E-state index contributed by atoms with van der Waals surface area (Å²) in [6.07, 6.45) is 13.9. The van der Waals surface area contributed by atoms with Crippen molar-refractivity contribution < 1.29 is 38.7 Å². The third-order valence-corrected chi connectivity index (χ3v) is 6.62. The van der Waals surface area contributed by atoms with Crippen LogP contribution in [-0.4, -0.2) is 67.6 Å². The minimum absolute atomic E-state index is 0. The van der Waals surface area contributed by atoms with E-state index in [0.29, 0.717) is 26.4 Å². The van der Waals surface area contributed by atoms with E-state index in [1.807, 2.05) is 20.8 Å². The summed E-state index contributed by atoms with van der Waals surface area (Å²) in [4.78, 5) is 23.6. The van der Waals surface area contributed by atoms with E-state index in [1.54, 1.807) is 0 Å². The van der Waals surface area contributed by atoms with Crippen molar-refractivity contribution in [1.29, 1.82) is 0 Å². The van der Waals surface area contributed by atoms with Crippen LogP contribution < -0.4 is 0 Å². The molecule has 0 spiro atoms. The molecule has 1 aliphatic heterocycles. The lowest BCUT2D eigenvalue weighted by Gasteiger charge is -2.39. The Balaban J connectivity index is -0.000000641. The topological polar surface area (TPSA) is 112 Å². The van der Waals surface area contributed by atoms with E-state index < -0.39 is 35.8 Å². The highest BCUT2D eigenvalue weighted by atomic mass is 16.7. The molecular weight excluding hydrogens is 500 g/mol. The van der Waals surface area contributed by atoms with Crippen molar-refractivity contribution in [3.8, 4) is 0 Å². The fraction of sp³-hybridized carbons (Fsp3) is 0.935. The van der Waals surface area contributed by atoms with Gasteiger partial charge in [-0.1, -0.05) is 92.9 Å². The molecule has 0 bridgehead atoms. The molecule has 0 saturated carbocycles. The van der Waals surface area contributed by atoms with Gasteiger partial charge in [0, 0.05) is 0 Å². The second kappa shape index (κ2) is 23.5. The van der Waals surface area contributed by atoms with Crippen LogP contribution in [0.5, 0.6) is 0 Å². The molecule has 0 atom stereocenters. The van der Waals surface area contributed by atoms with Crippen LogP contribution in [-0.2, 0) is 28.5 Å². The monoisotopic (exact) mass is 564 g/mol. The van der Waals surface area contributed by atoms with Gasteiger partial charge >= 0.3 is 11.9 Å². The largest absolute Gasteiger partial charge is 0.465 e. The number of ether oxygens (including phenoxy) is 4. The van der Waals surface area contributed by atoms with Crippen LogP contribution in [0.4, 0.5) is 0 Å². The van der Waals surface area contributed by atoms with Crippen LogP contribution >= 0.6 is 0 Å². The number of aliphatic hydroxyl groups is 2. The summed E-state index contributed by atoms with van der Waals surface area (Å²) in [5.74, 6) is -1.32. The van der Waals surface area contributed by atoms with Crippen LogP contribution in [0.3, 0.4) is 0 Å². The Bertz CT molecular complexity index is 591. The lowest BCUT2D eigenvalue weighted by atomic mass is 9.92. The molecule has 8 nitrogen and oxygen atoms in total. The molecule has 0 aromatic heterocycles. The molecule has 236 valence electrons. The standard InChI is InChI=1S/C16H30O4.C13H26O4.2CH4/c1-5-6-7-8-9-10-11-18-14(17)16(4)12-19-15(2,3)20-13-16;1-3-4-5-6-7-8-9-17-12(16)13(2,10-14)11-15;;/h5-13H2,1-4H3;14-15H,3-11H2,1-2H3;2*1H4. The Labute approximate surface area is 240 Å². The van der Waals surface area contributed by atoms with Gasteiger partial charge in [-0.05, 0) is 40.5 Å². The van der Waals surface area contributed by atoms with Crippen LogP contribution in [0, 0.1) is 10.8 Å². The van der Waals surface area contributed by atoms with E-state index in [1.165, 1.54) is 58.3 Å². The molecule has 1 fully saturated rings. The summed E-state index contributed by atoms with van der Waals surface area (Å²) < 4.78 is 21.5. The smallest absolute Gasteiger partial charge is 0.316 e. The van der Waals surface area contributed by atoms with Gasteiger partial charge in [-0.3, -0.25) is 9.59 Å². The summed E-state index contributed by atoms with van der Waals surface area (Å²) in [6.45, 7) is 12.2. The highest BCUT2D eigenvalue weighted by molar-refractivity contribution is 5.77. The first-order valence-corrected chi connectivity index (χ1v) is 14.3. The molecule has 0 amide bonds. The number of aliphatic hydroxyl groups excluding tert-OH is 2. The van der Waals surface area contributed by atoms with Crippen molar-refractivity contribution in [3.63, 3.8) is 0 Å². The van der Waals surface area contributed by atoms with E-state index in [0.717, 1.165) is 25.7 Å². The number of carbonyl (C=O) groups excluding carboxylic acids is 2. The number of hydrogen-bond donors (Lipinski definition) is 2. The highest BCUT2D eigenvalue weighted by Crippen LogP contribution is 2.30. The second-order valence-electron chi connectivity index (χ2n) is 11.2. The summed E-state index contributed by atoms with van der Waals surface area (Å²) in [6, 6.07) is 0. The number of carbonyl (C=O) groups is 2. The molecule has 0 radical (unpaired) electrons. The Morgan fingerprint density at radius 2 is 1.10 bits per heavy atom. The molecule has 0 unspecified atom stereocenters. The highest BCUT2D eigenvalue weighted by Gasteiger charge is 2.43. The molecule has 2 N–H and O–H groups in total. The molecule has 1 aliphatic rings.